The number of hydrogen-bond acceptors (Lipinski definition) is 4. The molecule has 3 rings (SSSR count). The number of hydrogen-bond donors (Lipinski definition) is 1. The van der Waals surface area contributed by atoms with E-state index >= 15 is 0 Å². The van der Waals surface area contributed by atoms with Gasteiger partial charge in [-0.05, 0) is 37.9 Å². The third-order valence-electron chi connectivity index (χ3n) is 4.59. The summed E-state index contributed by atoms with van der Waals surface area (Å²) in [5, 5.41) is 0. The van der Waals surface area contributed by atoms with Crippen LogP contribution in [0.5, 0.6) is 5.75 Å². The molecule has 2 aliphatic rings. The Morgan fingerprint density at radius 1 is 1.39 bits per heavy atom. The van der Waals surface area contributed by atoms with Crippen LogP contribution in [0, 0.1) is 5.92 Å². The third kappa shape index (κ3) is 3.17. The zero-order valence-electron chi connectivity index (χ0n) is 13.4. The Morgan fingerprint density at radius 2 is 2.17 bits per heavy atom. The van der Waals surface area contributed by atoms with E-state index in [-0.39, 0.29) is 11.8 Å². The van der Waals surface area contributed by atoms with Crippen molar-refractivity contribution in [3.63, 3.8) is 0 Å². The van der Waals surface area contributed by atoms with Gasteiger partial charge in [0.15, 0.2) is 6.10 Å². The van der Waals surface area contributed by atoms with Crippen molar-refractivity contribution in [1.82, 2.24) is 4.90 Å². The molecule has 1 saturated heterocycles. The van der Waals surface area contributed by atoms with Gasteiger partial charge in [-0.3, -0.25) is 9.59 Å². The second-order valence-corrected chi connectivity index (χ2v) is 6.20. The molecule has 1 aromatic rings. The number of rotatable bonds is 4. The molecular weight excluding hydrogens is 294 g/mol. The lowest BCUT2D eigenvalue weighted by molar-refractivity contribution is -0.130. The highest BCUT2D eigenvalue weighted by Gasteiger charge is 2.32. The number of para-hydroxylation sites is 2. The van der Waals surface area contributed by atoms with Gasteiger partial charge < -0.3 is 20.3 Å². The van der Waals surface area contributed by atoms with Gasteiger partial charge in [-0.15, -0.1) is 0 Å². The molecule has 0 bridgehead atoms. The van der Waals surface area contributed by atoms with E-state index in [2.05, 4.69) is 0 Å². The van der Waals surface area contributed by atoms with Gasteiger partial charge in [0, 0.05) is 26.1 Å². The molecule has 23 heavy (non-hydrogen) atoms. The first-order valence-corrected chi connectivity index (χ1v) is 8.15. The summed E-state index contributed by atoms with van der Waals surface area (Å²) in [5.74, 6) is 1.09. The number of anilines is 1. The van der Waals surface area contributed by atoms with Crippen LogP contribution in [-0.2, 0) is 9.59 Å². The van der Waals surface area contributed by atoms with E-state index in [1.54, 1.807) is 11.8 Å². The van der Waals surface area contributed by atoms with Crippen molar-refractivity contribution < 1.29 is 14.3 Å². The minimum atomic E-state index is -0.520. The van der Waals surface area contributed by atoms with E-state index in [1.165, 1.54) is 0 Å². The number of ether oxygens (including phenoxy) is 1. The van der Waals surface area contributed by atoms with Gasteiger partial charge in [-0.1, -0.05) is 12.1 Å². The number of carbonyl (C=O) groups excluding carboxylic acids is 2. The first-order chi connectivity index (χ1) is 11.1. The molecule has 124 valence electrons. The van der Waals surface area contributed by atoms with Crippen molar-refractivity contribution in [1.29, 1.82) is 0 Å². The molecule has 2 N–H and O–H groups in total. The van der Waals surface area contributed by atoms with E-state index in [1.807, 2.05) is 29.2 Å². The zero-order chi connectivity index (χ0) is 16.4. The highest BCUT2D eigenvalue weighted by molar-refractivity contribution is 6.00. The van der Waals surface area contributed by atoms with Crippen LogP contribution in [-0.4, -0.2) is 49.0 Å². The minimum absolute atomic E-state index is 0.0883. The topological polar surface area (TPSA) is 75.9 Å². The normalized spacial score (nSPS) is 23.7. The van der Waals surface area contributed by atoms with Crippen LogP contribution < -0.4 is 15.4 Å². The van der Waals surface area contributed by atoms with Gasteiger partial charge in [0.25, 0.3) is 5.91 Å². The molecule has 1 fully saturated rings. The fourth-order valence-corrected chi connectivity index (χ4v) is 3.21. The van der Waals surface area contributed by atoms with Crippen molar-refractivity contribution >= 4 is 17.5 Å². The summed E-state index contributed by atoms with van der Waals surface area (Å²) in [5.41, 5.74) is 6.41. The maximum Gasteiger partial charge on any atom is 0.267 e. The molecule has 0 saturated carbocycles. The van der Waals surface area contributed by atoms with Crippen LogP contribution in [0.3, 0.4) is 0 Å². The number of nitrogens with zero attached hydrogens (tertiary/aromatic N) is 2. The molecule has 0 radical (unpaired) electrons. The molecule has 2 atom stereocenters. The van der Waals surface area contributed by atoms with Crippen molar-refractivity contribution in [2.45, 2.75) is 25.9 Å². The van der Waals surface area contributed by atoms with Crippen LogP contribution >= 0.6 is 0 Å². The molecule has 2 heterocycles. The van der Waals surface area contributed by atoms with Crippen LogP contribution in [0.15, 0.2) is 24.3 Å². The number of likely N-dealkylation sites (tertiary alicyclic amines) is 1. The molecule has 1 aromatic carbocycles. The maximum atomic E-state index is 12.4. The van der Waals surface area contributed by atoms with E-state index in [4.69, 9.17) is 10.5 Å². The summed E-state index contributed by atoms with van der Waals surface area (Å²) in [6, 6.07) is 7.44. The average molecular weight is 317 g/mol. The van der Waals surface area contributed by atoms with E-state index < -0.39 is 6.10 Å². The maximum absolute atomic E-state index is 12.4. The molecule has 2 amide bonds. The largest absolute Gasteiger partial charge is 0.479 e. The van der Waals surface area contributed by atoms with E-state index in [9.17, 15) is 9.59 Å². The second-order valence-electron chi connectivity index (χ2n) is 6.20. The first kappa shape index (κ1) is 15.8. The minimum Gasteiger partial charge on any atom is -0.479 e. The quantitative estimate of drug-likeness (QED) is 0.899. The van der Waals surface area contributed by atoms with E-state index in [0.29, 0.717) is 31.2 Å². The highest BCUT2D eigenvalue weighted by Crippen LogP contribution is 2.33. The summed E-state index contributed by atoms with van der Waals surface area (Å²) in [6.07, 6.45) is 0.774. The average Bonchev–Trinajstić information content (AvgIpc) is 3.04. The molecule has 6 heteroatoms. The molecule has 2 unspecified atom stereocenters. The standard InChI is InChI=1S/C17H23N3O3/c1-12-17(22)20(14-4-2-3-5-15(14)23-12)9-7-16(21)19-8-6-13(10-18)11-19/h2-5,12-13H,6-11,18H2,1H3. The van der Waals surface area contributed by atoms with Gasteiger partial charge in [-0.25, -0.2) is 0 Å². The number of nitrogens with two attached hydrogens (primary N) is 1. The lowest BCUT2D eigenvalue weighted by atomic mass is 10.1. The van der Waals surface area contributed by atoms with Crippen molar-refractivity contribution in [2.75, 3.05) is 31.1 Å². The van der Waals surface area contributed by atoms with Crippen LogP contribution in [0.4, 0.5) is 5.69 Å². The Bertz CT molecular complexity index is 605. The Morgan fingerprint density at radius 3 is 2.91 bits per heavy atom. The molecule has 6 nitrogen and oxygen atoms in total. The molecule has 0 spiro atoms. The number of carbonyl (C=O) groups is 2. The van der Waals surface area contributed by atoms with Crippen molar-refractivity contribution in [2.24, 2.45) is 11.7 Å². The number of amides is 2. The van der Waals surface area contributed by atoms with Gasteiger partial charge in [-0.2, -0.15) is 0 Å². The number of fused-ring (bicyclic) bond motifs is 1. The fourth-order valence-electron chi connectivity index (χ4n) is 3.21. The Hall–Kier alpha value is -2.08. The summed E-state index contributed by atoms with van der Waals surface area (Å²) in [7, 11) is 0. The Kier molecular flexibility index (Phi) is 4.52. The van der Waals surface area contributed by atoms with Gasteiger partial charge in [0.05, 0.1) is 5.69 Å². The van der Waals surface area contributed by atoms with Gasteiger partial charge in [0.2, 0.25) is 5.91 Å². The lowest BCUT2D eigenvalue weighted by Gasteiger charge is -2.33. The smallest absolute Gasteiger partial charge is 0.267 e. The monoisotopic (exact) mass is 317 g/mol. The van der Waals surface area contributed by atoms with Gasteiger partial charge in [0.1, 0.15) is 5.75 Å². The number of benzene rings is 1. The summed E-state index contributed by atoms with van der Waals surface area (Å²) >= 11 is 0. The summed E-state index contributed by atoms with van der Waals surface area (Å²) < 4.78 is 5.61. The molecule has 0 aliphatic carbocycles. The zero-order valence-corrected chi connectivity index (χ0v) is 13.4. The third-order valence-corrected chi connectivity index (χ3v) is 4.59. The summed E-state index contributed by atoms with van der Waals surface area (Å²) in [4.78, 5) is 28.3. The molecule has 2 aliphatic heterocycles. The highest BCUT2D eigenvalue weighted by atomic mass is 16.5. The van der Waals surface area contributed by atoms with Crippen LogP contribution in [0.2, 0.25) is 0 Å². The fraction of sp³-hybridized carbons (Fsp3) is 0.529. The van der Waals surface area contributed by atoms with Crippen molar-refractivity contribution in [3.8, 4) is 5.75 Å². The Balaban J connectivity index is 1.65. The summed E-state index contributed by atoms with van der Waals surface area (Å²) in [6.45, 7) is 4.24. The van der Waals surface area contributed by atoms with Crippen LogP contribution in [0.1, 0.15) is 19.8 Å². The molecular formula is C17H23N3O3. The van der Waals surface area contributed by atoms with Crippen LogP contribution in [0.25, 0.3) is 0 Å². The Labute approximate surface area is 136 Å². The van der Waals surface area contributed by atoms with E-state index in [0.717, 1.165) is 25.2 Å². The predicted octanol–water partition coefficient (Wildman–Crippen LogP) is 0.998. The first-order valence-electron chi connectivity index (χ1n) is 8.15. The second kappa shape index (κ2) is 6.58. The lowest BCUT2D eigenvalue weighted by Crippen LogP contribution is -2.46. The molecule has 0 aromatic heterocycles. The van der Waals surface area contributed by atoms with Gasteiger partial charge >= 0.3 is 0 Å². The SMILES string of the molecule is CC1Oc2ccccc2N(CCC(=O)N2CCC(CN)C2)C1=O. The predicted molar refractivity (Wildman–Crippen MR) is 87.2 cm³/mol. The van der Waals surface area contributed by atoms with Crippen molar-refractivity contribution in [3.05, 3.63) is 24.3 Å².